The van der Waals surface area contributed by atoms with Crippen molar-refractivity contribution >= 4 is 5.78 Å². The van der Waals surface area contributed by atoms with E-state index in [4.69, 9.17) is 4.74 Å². The van der Waals surface area contributed by atoms with Gasteiger partial charge in [0.15, 0.2) is 0 Å². The first-order valence-electron chi connectivity index (χ1n) is 7.34. The van der Waals surface area contributed by atoms with Gasteiger partial charge in [0.05, 0.1) is 0 Å². The van der Waals surface area contributed by atoms with Gasteiger partial charge in [-0.05, 0) is 26.2 Å². The number of carbonyl (C=O) groups is 1. The molecule has 0 unspecified atom stereocenters. The number of ketones is 1. The van der Waals surface area contributed by atoms with Crippen molar-refractivity contribution in [2.24, 2.45) is 0 Å². The second kappa shape index (κ2) is 13.7. The minimum absolute atomic E-state index is 0.328. The number of ether oxygens (including phenoxy) is 1. The molecule has 0 aromatic carbocycles. The standard InChI is InChI=1S/C15H30O2/c1-3-4-13-17-14-11-9-7-5-6-8-10-12-15(2)16/h3-14H2,1-2H3. The van der Waals surface area contributed by atoms with Gasteiger partial charge in [-0.2, -0.15) is 0 Å². The molecule has 0 spiro atoms. The van der Waals surface area contributed by atoms with Crippen molar-refractivity contribution in [2.45, 2.75) is 78.1 Å². The summed E-state index contributed by atoms with van der Waals surface area (Å²) >= 11 is 0. The maximum atomic E-state index is 10.7. The molecular weight excluding hydrogens is 212 g/mol. The van der Waals surface area contributed by atoms with Gasteiger partial charge in [0.1, 0.15) is 5.78 Å². The van der Waals surface area contributed by atoms with E-state index in [1.54, 1.807) is 6.92 Å². The monoisotopic (exact) mass is 242 g/mol. The van der Waals surface area contributed by atoms with Crippen LogP contribution in [-0.2, 0) is 9.53 Å². The maximum Gasteiger partial charge on any atom is 0.129 e. The summed E-state index contributed by atoms with van der Waals surface area (Å²) in [6, 6.07) is 0. The summed E-state index contributed by atoms with van der Waals surface area (Å²) < 4.78 is 5.51. The van der Waals surface area contributed by atoms with Crippen LogP contribution >= 0.6 is 0 Å². The number of unbranched alkanes of at least 4 members (excludes halogenated alkanes) is 7. The molecule has 0 N–H and O–H groups in total. The molecule has 0 fully saturated rings. The summed E-state index contributed by atoms with van der Waals surface area (Å²) in [5.41, 5.74) is 0. The van der Waals surface area contributed by atoms with Gasteiger partial charge < -0.3 is 9.53 Å². The Morgan fingerprint density at radius 2 is 1.35 bits per heavy atom. The van der Waals surface area contributed by atoms with Crippen molar-refractivity contribution in [1.29, 1.82) is 0 Å². The fraction of sp³-hybridized carbons (Fsp3) is 0.933. The molecular formula is C15H30O2. The zero-order chi connectivity index (χ0) is 12.8. The molecule has 0 heterocycles. The highest BCUT2D eigenvalue weighted by atomic mass is 16.5. The Morgan fingerprint density at radius 1 is 0.824 bits per heavy atom. The van der Waals surface area contributed by atoms with Crippen LogP contribution in [0.5, 0.6) is 0 Å². The van der Waals surface area contributed by atoms with Crippen LogP contribution < -0.4 is 0 Å². The minimum atomic E-state index is 0.328. The third-order valence-corrected chi connectivity index (χ3v) is 2.96. The average Bonchev–Trinajstić information content (AvgIpc) is 2.30. The van der Waals surface area contributed by atoms with E-state index in [1.807, 2.05) is 0 Å². The van der Waals surface area contributed by atoms with Gasteiger partial charge in [0.25, 0.3) is 0 Å². The highest BCUT2D eigenvalue weighted by Gasteiger charge is 1.95. The number of hydrogen-bond donors (Lipinski definition) is 0. The Kier molecular flexibility index (Phi) is 13.4. The Bertz CT molecular complexity index is 166. The van der Waals surface area contributed by atoms with Crippen molar-refractivity contribution in [1.82, 2.24) is 0 Å². The van der Waals surface area contributed by atoms with Gasteiger partial charge >= 0.3 is 0 Å². The first-order chi connectivity index (χ1) is 8.27. The summed E-state index contributed by atoms with van der Waals surface area (Å²) in [6.07, 6.45) is 11.9. The van der Waals surface area contributed by atoms with Crippen LogP contribution in [0.25, 0.3) is 0 Å². The molecule has 0 atom stereocenters. The zero-order valence-electron chi connectivity index (χ0n) is 11.8. The third kappa shape index (κ3) is 15.6. The van der Waals surface area contributed by atoms with Crippen molar-refractivity contribution in [3.63, 3.8) is 0 Å². The smallest absolute Gasteiger partial charge is 0.129 e. The van der Waals surface area contributed by atoms with Gasteiger partial charge in [-0.15, -0.1) is 0 Å². The lowest BCUT2D eigenvalue weighted by molar-refractivity contribution is -0.117. The second-order valence-corrected chi connectivity index (χ2v) is 4.89. The number of hydrogen-bond acceptors (Lipinski definition) is 2. The van der Waals surface area contributed by atoms with Crippen LogP contribution in [0.3, 0.4) is 0 Å². The first-order valence-corrected chi connectivity index (χ1v) is 7.34. The van der Waals surface area contributed by atoms with Crippen LogP contribution in [0.15, 0.2) is 0 Å². The Labute approximate surface area is 107 Å². The normalized spacial score (nSPS) is 10.7. The molecule has 0 aliphatic heterocycles. The SMILES string of the molecule is CCCCOCCCCCCCCCC(C)=O. The lowest BCUT2D eigenvalue weighted by atomic mass is 10.1. The summed E-state index contributed by atoms with van der Waals surface area (Å²) in [4.78, 5) is 10.7. The van der Waals surface area contributed by atoms with Crippen molar-refractivity contribution in [3.05, 3.63) is 0 Å². The van der Waals surface area contributed by atoms with E-state index in [9.17, 15) is 4.79 Å². The molecule has 0 aliphatic rings. The van der Waals surface area contributed by atoms with Gasteiger partial charge in [-0.3, -0.25) is 0 Å². The van der Waals surface area contributed by atoms with Crippen LogP contribution in [0, 0.1) is 0 Å². The van der Waals surface area contributed by atoms with Crippen LogP contribution in [0.4, 0.5) is 0 Å². The van der Waals surface area contributed by atoms with E-state index in [2.05, 4.69) is 6.92 Å². The highest BCUT2D eigenvalue weighted by Crippen LogP contribution is 2.08. The van der Waals surface area contributed by atoms with E-state index >= 15 is 0 Å². The highest BCUT2D eigenvalue weighted by molar-refractivity contribution is 5.75. The number of rotatable bonds is 13. The molecule has 0 aromatic rings. The summed E-state index contributed by atoms with van der Waals surface area (Å²) in [5.74, 6) is 0.328. The molecule has 0 saturated heterocycles. The van der Waals surface area contributed by atoms with Gasteiger partial charge in [-0.25, -0.2) is 0 Å². The number of carbonyl (C=O) groups excluding carboxylic acids is 1. The lowest BCUT2D eigenvalue weighted by Crippen LogP contribution is -1.96. The van der Waals surface area contributed by atoms with Crippen molar-refractivity contribution in [3.8, 4) is 0 Å². The number of Topliss-reactive ketones (excluding diaryl/α,β-unsaturated/α-hetero) is 1. The predicted octanol–water partition coefficient (Wildman–Crippen LogP) is 4.51. The minimum Gasteiger partial charge on any atom is -0.381 e. The van der Waals surface area contributed by atoms with E-state index in [1.165, 1.54) is 51.4 Å². The van der Waals surface area contributed by atoms with Crippen LogP contribution in [-0.4, -0.2) is 19.0 Å². The Morgan fingerprint density at radius 3 is 1.94 bits per heavy atom. The third-order valence-electron chi connectivity index (χ3n) is 2.96. The van der Waals surface area contributed by atoms with Crippen LogP contribution in [0.2, 0.25) is 0 Å². The quantitative estimate of drug-likeness (QED) is 0.444. The van der Waals surface area contributed by atoms with Gasteiger partial charge in [-0.1, -0.05) is 45.4 Å². The van der Waals surface area contributed by atoms with Crippen molar-refractivity contribution in [2.75, 3.05) is 13.2 Å². The van der Waals surface area contributed by atoms with Gasteiger partial charge in [0, 0.05) is 19.6 Å². The molecule has 0 saturated carbocycles. The van der Waals surface area contributed by atoms with E-state index in [0.717, 1.165) is 26.1 Å². The molecule has 2 heteroatoms. The fourth-order valence-corrected chi connectivity index (χ4v) is 1.81. The maximum absolute atomic E-state index is 10.7. The molecule has 0 amide bonds. The molecule has 102 valence electrons. The van der Waals surface area contributed by atoms with E-state index in [0.29, 0.717) is 5.78 Å². The molecule has 0 aliphatic carbocycles. The second-order valence-electron chi connectivity index (χ2n) is 4.89. The van der Waals surface area contributed by atoms with Crippen molar-refractivity contribution < 1.29 is 9.53 Å². The fourth-order valence-electron chi connectivity index (χ4n) is 1.81. The summed E-state index contributed by atoms with van der Waals surface area (Å²) in [5, 5.41) is 0. The topological polar surface area (TPSA) is 26.3 Å². The largest absolute Gasteiger partial charge is 0.381 e. The lowest BCUT2D eigenvalue weighted by Gasteiger charge is -2.03. The summed E-state index contributed by atoms with van der Waals surface area (Å²) in [7, 11) is 0. The molecule has 0 rings (SSSR count). The molecule has 0 bridgehead atoms. The molecule has 17 heavy (non-hydrogen) atoms. The summed E-state index contributed by atoms with van der Waals surface area (Å²) in [6.45, 7) is 5.74. The Balaban J connectivity index is 2.91. The Hall–Kier alpha value is -0.370. The average molecular weight is 242 g/mol. The van der Waals surface area contributed by atoms with Crippen LogP contribution in [0.1, 0.15) is 78.1 Å². The van der Waals surface area contributed by atoms with E-state index < -0.39 is 0 Å². The van der Waals surface area contributed by atoms with E-state index in [-0.39, 0.29) is 0 Å². The molecule has 0 aromatic heterocycles. The molecule has 0 radical (unpaired) electrons. The molecule has 2 nitrogen and oxygen atoms in total. The first kappa shape index (κ1) is 16.6. The van der Waals surface area contributed by atoms with Gasteiger partial charge in [0.2, 0.25) is 0 Å². The zero-order valence-corrected chi connectivity index (χ0v) is 11.8. The predicted molar refractivity (Wildman–Crippen MR) is 73.3 cm³/mol.